The smallest absolute Gasteiger partial charge is 0.228 e. The molecule has 0 saturated heterocycles. The van der Waals surface area contributed by atoms with E-state index in [0.29, 0.717) is 23.6 Å². The fraction of sp³-hybridized carbons (Fsp3) is 0.296. The number of ether oxygens (including phenoxy) is 1. The number of carbonyl (C=O) groups is 1. The van der Waals surface area contributed by atoms with Gasteiger partial charge < -0.3 is 10.1 Å². The molecule has 33 heavy (non-hydrogen) atoms. The topological polar surface area (TPSA) is 38.3 Å². The van der Waals surface area contributed by atoms with Gasteiger partial charge in [-0.1, -0.05) is 48.9 Å². The lowest BCUT2D eigenvalue weighted by molar-refractivity contribution is -0.118. The number of carbonyl (C=O) groups excluding carboxylic acids is 1. The third-order valence-corrected chi connectivity index (χ3v) is 7.06. The molecule has 6 heteroatoms. The molecule has 172 valence electrons. The van der Waals surface area contributed by atoms with Crippen LogP contribution in [0.1, 0.15) is 42.9 Å². The van der Waals surface area contributed by atoms with E-state index in [-0.39, 0.29) is 11.7 Å². The Morgan fingerprint density at radius 2 is 1.76 bits per heavy atom. The minimum Gasteiger partial charge on any atom is -0.366 e. The van der Waals surface area contributed by atoms with Gasteiger partial charge in [-0.2, -0.15) is 0 Å². The Bertz CT molecular complexity index is 1100. The summed E-state index contributed by atoms with van der Waals surface area (Å²) < 4.78 is 20.7. The number of halogens is 2. The number of rotatable bonds is 9. The van der Waals surface area contributed by atoms with E-state index in [1.54, 1.807) is 23.9 Å². The highest BCUT2D eigenvalue weighted by atomic mass is 35.5. The summed E-state index contributed by atoms with van der Waals surface area (Å²) in [6.45, 7) is 2.49. The zero-order chi connectivity index (χ0) is 23.3. The predicted molar refractivity (Wildman–Crippen MR) is 133 cm³/mol. The number of benzene rings is 3. The van der Waals surface area contributed by atoms with Crippen molar-refractivity contribution >= 4 is 35.0 Å². The van der Waals surface area contributed by atoms with Crippen LogP contribution in [0.4, 0.5) is 10.1 Å². The number of amides is 1. The van der Waals surface area contributed by atoms with Gasteiger partial charge in [0.2, 0.25) is 5.91 Å². The lowest BCUT2D eigenvalue weighted by atomic mass is 9.74. The van der Waals surface area contributed by atoms with Gasteiger partial charge in [0.1, 0.15) is 5.82 Å². The van der Waals surface area contributed by atoms with Crippen LogP contribution in [0.3, 0.4) is 0 Å². The van der Waals surface area contributed by atoms with Crippen molar-refractivity contribution in [3.63, 3.8) is 0 Å². The first-order valence-corrected chi connectivity index (χ1v) is 12.5. The molecule has 1 fully saturated rings. The normalized spacial score (nSPS) is 14.5. The van der Waals surface area contributed by atoms with Crippen molar-refractivity contribution in [3.8, 4) is 0 Å². The van der Waals surface area contributed by atoms with E-state index in [4.69, 9.17) is 16.3 Å². The van der Waals surface area contributed by atoms with Gasteiger partial charge >= 0.3 is 0 Å². The first-order chi connectivity index (χ1) is 16.0. The summed E-state index contributed by atoms with van der Waals surface area (Å²) in [5, 5.41) is 3.33. The Morgan fingerprint density at radius 3 is 2.36 bits per heavy atom. The number of anilines is 1. The highest BCUT2D eigenvalue weighted by Gasteiger charge is 2.41. The van der Waals surface area contributed by atoms with Crippen molar-refractivity contribution in [2.24, 2.45) is 0 Å². The van der Waals surface area contributed by atoms with Crippen LogP contribution in [0.25, 0.3) is 0 Å². The van der Waals surface area contributed by atoms with E-state index in [2.05, 4.69) is 24.4 Å². The van der Waals surface area contributed by atoms with Crippen LogP contribution < -0.4 is 5.32 Å². The standard InChI is InChI=1S/C27H27ClFNO2S/c1-2-33-23-11-6-19(7-12-23)16-26(31)30-22-9-4-20(5-10-22)18-32-27(14-3-15-27)24-13-8-21(28)17-25(24)29/h4-13,17H,2-3,14-16,18H2,1H3,(H,30,31). The molecule has 1 aliphatic carbocycles. The molecule has 3 aromatic rings. The van der Waals surface area contributed by atoms with Crippen LogP contribution in [-0.2, 0) is 28.2 Å². The Kier molecular flexibility index (Phi) is 7.74. The first kappa shape index (κ1) is 23.8. The second kappa shape index (κ2) is 10.7. The average Bonchev–Trinajstić information content (AvgIpc) is 2.77. The predicted octanol–water partition coefficient (Wildman–Crippen LogP) is 7.37. The van der Waals surface area contributed by atoms with E-state index in [1.165, 1.54) is 11.0 Å². The monoisotopic (exact) mass is 483 g/mol. The summed E-state index contributed by atoms with van der Waals surface area (Å²) in [5.74, 6) is 0.653. The Morgan fingerprint density at radius 1 is 1.06 bits per heavy atom. The lowest BCUT2D eigenvalue weighted by Gasteiger charge is -2.42. The fourth-order valence-corrected chi connectivity index (χ4v) is 4.84. The van der Waals surface area contributed by atoms with E-state index >= 15 is 0 Å². The van der Waals surface area contributed by atoms with Crippen molar-refractivity contribution in [3.05, 3.63) is 94.3 Å². The van der Waals surface area contributed by atoms with Crippen LogP contribution in [0, 0.1) is 5.82 Å². The molecule has 0 aliphatic heterocycles. The number of hydrogen-bond donors (Lipinski definition) is 1. The molecule has 0 radical (unpaired) electrons. The third kappa shape index (κ3) is 5.97. The quantitative estimate of drug-likeness (QED) is 0.323. The molecule has 0 bridgehead atoms. The zero-order valence-electron chi connectivity index (χ0n) is 18.6. The summed E-state index contributed by atoms with van der Waals surface area (Å²) in [5.41, 5.74) is 2.68. The highest BCUT2D eigenvalue weighted by molar-refractivity contribution is 7.99. The van der Waals surface area contributed by atoms with Crippen molar-refractivity contribution in [2.75, 3.05) is 11.1 Å². The van der Waals surface area contributed by atoms with E-state index in [9.17, 15) is 9.18 Å². The van der Waals surface area contributed by atoms with Crippen LogP contribution >= 0.6 is 23.4 Å². The fourth-order valence-electron chi connectivity index (χ4n) is 4.01. The molecule has 0 spiro atoms. The highest BCUT2D eigenvalue weighted by Crippen LogP contribution is 2.46. The molecule has 3 nitrogen and oxygen atoms in total. The van der Waals surface area contributed by atoms with E-state index in [0.717, 1.165) is 41.8 Å². The van der Waals surface area contributed by atoms with Crippen LogP contribution in [0.5, 0.6) is 0 Å². The molecular formula is C27H27ClFNO2S. The third-order valence-electron chi connectivity index (χ3n) is 5.94. The first-order valence-electron chi connectivity index (χ1n) is 11.2. The molecule has 0 aromatic heterocycles. The maximum atomic E-state index is 14.5. The largest absolute Gasteiger partial charge is 0.366 e. The summed E-state index contributed by atoms with van der Waals surface area (Å²) in [6, 6.07) is 20.5. The van der Waals surface area contributed by atoms with Gasteiger partial charge in [-0.3, -0.25) is 4.79 Å². The maximum absolute atomic E-state index is 14.5. The molecule has 4 rings (SSSR count). The second-order valence-corrected chi connectivity index (χ2v) is 10.0. The van der Waals surface area contributed by atoms with Crippen LogP contribution in [0.15, 0.2) is 71.6 Å². The molecule has 1 saturated carbocycles. The van der Waals surface area contributed by atoms with Gasteiger partial charge in [0.25, 0.3) is 0 Å². The number of thioether (sulfide) groups is 1. The molecule has 3 aromatic carbocycles. The molecule has 0 atom stereocenters. The van der Waals surface area contributed by atoms with Gasteiger partial charge in [-0.05, 0) is 72.5 Å². The van der Waals surface area contributed by atoms with Gasteiger partial charge in [-0.15, -0.1) is 11.8 Å². The second-order valence-electron chi connectivity index (χ2n) is 8.26. The van der Waals surface area contributed by atoms with Crippen LogP contribution in [0.2, 0.25) is 5.02 Å². The van der Waals surface area contributed by atoms with Gasteiger partial charge in [0.15, 0.2) is 0 Å². The van der Waals surface area contributed by atoms with Gasteiger partial charge in [0, 0.05) is 21.2 Å². The van der Waals surface area contributed by atoms with E-state index < -0.39 is 5.60 Å². The minimum absolute atomic E-state index is 0.0541. The van der Waals surface area contributed by atoms with Gasteiger partial charge in [-0.25, -0.2) is 4.39 Å². The molecule has 1 N–H and O–H groups in total. The molecule has 1 amide bonds. The molecule has 0 unspecified atom stereocenters. The lowest BCUT2D eigenvalue weighted by Crippen LogP contribution is -2.38. The Hall–Kier alpha value is -2.34. The average molecular weight is 484 g/mol. The molecule has 0 heterocycles. The SMILES string of the molecule is CCSc1ccc(CC(=O)Nc2ccc(COC3(c4ccc(Cl)cc4F)CCC3)cc2)cc1. The summed E-state index contributed by atoms with van der Waals surface area (Å²) in [6.07, 6.45) is 2.92. The number of nitrogens with one attached hydrogen (secondary N) is 1. The van der Waals surface area contributed by atoms with Crippen molar-refractivity contribution < 1.29 is 13.9 Å². The summed E-state index contributed by atoms with van der Waals surface area (Å²) in [4.78, 5) is 13.6. The molecule has 1 aliphatic rings. The maximum Gasteiger partial charge on any atom is 0.228 e. The van der Waals surface area contributed by atoms with Crippen LogP contribution in [-0.4, -0.2) is 11.7 Å². The Balaban J connectivity index is 1.32. The summed E-state index contributed by atoms with van der Waals surface area (Å²) >= 11 is 7.69. The summed E-state index contributed by atoms with van der Waals surface area (Å²) in [7, 11) is 0. The van der Waals surface area contributed by atoms with Crippen molar-refractivity contribution in [1.29, 1.82) is 0 Å². The van der Waals surface area contributed by atoms with Gasteiger partial charge in [0.05, 0.1) is 18.6 Å². The Labute approximate surface area is 203 Å². The van der Waals surface area contributed by atoms with E-state index in [1.807, 2.05) is 36.4 Å². The minimum atomic E-state index is -0.591. The molecular weight excluding hydrogens is 457 g/mol. The number of hydrogen-bond acceptors (Lipinski definition) is 3. The van der Waals surface area contributed by atoms with Crippen molar-refractivity contribution in [1.82, 2.24) is 0 Å². The zero-order valence-corrected chi connectivity index (χ0v) is 20.1. The van der Waals surface area contributed by atoms with Crippen molar-refractivity contribution in [2.45, 2.75) is 49.7 Å².